The van der Waals surface area contributed by atoms with E-state index in [1.807, 2.05) is 24.3 Å². The van der Waals surface area contributed by atoms with Crippen LogP contribution in [0.25, 0.3) is 0 Å². The average Bonchev–Trinajstić information content (AvgIpc) is 3.31. The number of likely N-dealkylation sites (tertiary alicyclic amines) is 1. The monoisotopic (exact) mass is 459 g/mol. The van der Waals surface area contributed by atoms with Gasteiger partial charge in [0, 0.05) is 26.2 Å². The number of hydrogen-bond donors (Lipinski definition) is 3. The summed E-state index contributed by atoms with van der Waals surface area (Å²) in [4.78, 5) is 38.1. The molecule has 1 aliphatic rings. The van der Waals surface area contributed by atoms with E-state index in [-0.39, 0.29) is 24.9 Å². The summed E-state index contributed by atoms with van der Waals surface area (Å²) < 4.78 is 0. The number of nitrogens with one attached hydrogen (secondary N) is 2. The number of carbonyl (C=O) groups excluding carboxylic acids is 2. The second-order valence-electron chi connectivity index (χ2n) is 8.10. The highest BCUT2D eigenvalue weighted by Gasteiger charge is 2.43. The molecule has 1 saturated heterocycles. The van der Waals surface area contributed by atoms with E-state index >= 15 is 0 Å². The van der Waals surface area contributed by atoms with Crippen molar-refractivity contribution in [1.29, 1.82) is 10.5 Å². The normalized spacial score (nSPS) is 16.8. The smallest absolute Gasteiger partial charge is 0.407 e. The maximum atomic E-state index is 12.8. The fourth-order valence-electron chi connectivity index (χ4n) is 3.91. The number of nitriles is 2. The van der Waals surface area contributed by atoms with E-state index in [1.165, 1.54) is 0 Å². The molecule has 34 heavy (non-hydrogen) atoms. The summed E-state index contributed by atoms with van der Waals surface area (Å²) in [6.45, 7) is 0.597. The van der Waals surface area contributed by atoms with Gasteiger partial charge in [-0.1, -0.05) is 24.3 Å². The van der Waals surface area contributed by atoms with Gasteiger partial charge in [0.25, 0.3) is 0 Å². The Bertz CT molecular complexity index is 1030. The molecule has 3 amide bonds. The van der Waals surface area contributed by atoms with E-state index in [0.29, 0.717) is 37.1 Å². The summed E-state index contributed by atoms with van der Waals surface area (Å²) in [5.41, 5.74) is 3.02. The lowest BCUT2D eigenvalue weighted by molar-refractivity contribution is -0.132. The third kappa shape index (κ3) is 6.33. The van der Waals surface area contributed by atoms with Gasteiger partial charge in [-0.2, -0.15) is 10.5 Å². The maximum absolute atomic E-state index is 12.8. The first-order chi connectivity index (χ1) is 16.4. The first-order valence-corrected chi connectivity index (χ1v) is 10.9. The summed E-state index contributed by atoms with van der Waals surface area (Å²) in [6, 6.07) is 18.2. The number of nitrogens with zero attached hydrogens (tertiary/aromatic N) is 3. The number of hydrogen-bond acceptors (Lipinski definition) is 5. The van der Waals surface area contributed by atoms with Gasteiger partial charge in [0.05, 0.1) is 35.1 Å². The predicted octanol–water partition coefficient (Wildman–Crippen LogP) is 1.67. The van der Waals surface area contributed by atoms with Crippen LogP contribution < -0.4 is 10.6 Å². The first kappa shape index (κ1) is 24.3. The summed E-state index contributed by atoms with van der Waals surface area (Å²) in [5.74, 6) is -2.26. The van der Waals surface area contributed by atoms with Crippen molar-refractivity contribution < 1.29 is 19.5 Å². The second-order valence-corrected chi connectivity index (χ2v) is 8.10. The van der Waals surface area contributed by atoms with Gasteiger partial charge in [-0.3, -0.25) is 9.59 Å². The molecule has 1 fully saturated rings. The fraction of sp³-hybridized carbons (Fsp3) is 0.320. The zero-order valence-corrected chi connectivity index (χ0v) is 18.5. The molecule has 174 valence electrons. The van der Waals surface area contributed by atoms with Crippen molar-refractivity contribution in [2.45, 2.75) is 12.8 Å². The van der Waals surface area contributed by atoms with Crippen LogP contribution in [0.2, 0.25) is 0 Å². The molecule has 2 aromatic carbocycles. The van der Waals surface area contributed by atoms with Crippen LogP contribution in [0.5, 0.6) is 0 Å². The summed E-state index contributed by atoms with van der Waals surface area (Å²) >= 11 is 0. The fourth-order valence-corrected chi connectivity index (χ4v) is 3.91. The molecule has 0 spiro atoms. The zero-order valence-electron chi connectivity index (χ0n) is 18.5. The lowest BCUT2D eigenvalue weighted by Crippen LogP contribution is -2.42. The Morgan fingerprint density at radius 2 is 1.18 bits per heavy atom. The number of rotatable bonds is 8. The molecule has 3 N–H and O–H groups in total. The Morgan fingerprint density at radius 3 is 1.50 bits per heavy atom. The van der Waals surface area contributed by atoms with Gasteiger partial charge in [0.15, 0.2) is 0 Å². The third-order valence-electron chi connectivity index (χ3n) is 5.86. The van der Waals surface area contributed by atoms with Crippen LogP contribution in [0.4, 0.5) is 4.79 Å². The molecule has 3 rings (SSSR count). The molecule has 9 heteroatoms. The van der Waals surface area contributed by atoms with Crippen LogP contribution in [-0.2, 0) is 22.4 Å². The quantitative estimate of drug-likeness (QED) is 0.547. The van der Waals surface area contributed by atoms with Crippen molar-refractivity contribution in [2.24, 2.45) is 11.8 Å². The summed E-state index contributed by atoms with van der Waals surface area (Å²) in [7, 11) is 0. The number of amides is 3. The van der Waals surface area contributed by atoms with Crippen LogP contribution in [0.1, 0.15) is 22.3 Å². The number of benzene rings is 2. The Labute approximate surface area is 197 Å². The van der Waals surface area contributed by atoms with Gasteiger partial charge >= 0.3 is 6.09 Å². The van der Waals surface area contributed by atoms with Gasteiger partial charge in [-0.15, -0.1) is 0 Å². The summed E-state index contributed by atoms with van der Waals surface area (Å²) in [6.07, 6.45) is -0.0639. The molecule has 1 heterocycles. The van der Waals surface area contributed by atoms with Crippen LogP contribution in [0, 0.1) is 34.5 Å². The van der Waals surface area contributed by atoms with Crippen molar-refractivity contribution in [1.82, 2.24) is 15.5 Å². The molecule has 0 aliphatic carbocycles. The number of carbonyl (C=O) groups is 3. The van der Waals surface area contributed by atoms with E-state index in [0.717, 1.165) is 16.0 Å². The Hall–Kier alpha value is -4.37. The SMILES string of the molecule is N#Cc1ccc(CCNC(=O)[C@H]2CN(C(=O)O)C[C@@H]2C(=O)NCCc2ccc(C#N)cc2)cc1. The van der Waals surface area contributed by atoms with Crippen molar-refractivity contribution in [2.75, 3.05) is 26.2 Å². The van der Waals surface area contributed by atoms with Crippen LogP contribution >= 0.6 is 0 Å². The van der Waals surface area contributed by atoms with Gasteiger partial charge < -0.3 is 20.6 Å². The second kappa shape index (κ2) is 11.5. The molecule has 2 atom stereocenters. The molecule has 0 bridgehead atoms. The number of carboxylic acid groups (broad SMARTS) is 1. The minimum Gasteiger partial charge on any atom is -0.465 e. The lowest BCUT2D eigenvalue weighted by atomic mass is 9.94. The van der Waals surface area contributed by atoms with E-state index in [2.05, 4.69) is 22.8 Å². The molecule has 0 saturated carbocycles. The van der Waals surface area contributed by atoms with E-state index in [9.17, 15) is 19.5 Å². The average molecular weight is 460 g/mol. The highest BCUT2D eigenvalue weighted by molar-refractivity contribution is 5.89. The molecular weight excluding hydrogens is 434 g/mol. The summed E-state index contributed by atoms with van der Waals surface area (Å²) in [5, 5.41) is 32.7. The molecule has 0 radical (unpaired) electrons. The van der Waals surface area contributed by atoms with Crippen molar-refractivity contribution in [3.05, 3.63) is 70.8 Å². The highest BCUT2D eigenvalue weighted by Crippen LogP contribution is 2.24. The molecule has 0 unspecified atom stereocenters. The van der Waals surface area contributed by atoms with Crippen LogP contribution in [0.15, 0.2) is 48.5 Å². The Morgan fingerprint density at radius 1 is 0.794 bits per heavy atom. The highest BCUT2D eigenvalue weighted by atomic mass is 16.4. The van der Waals surface area contributed by atoms with Crippen molar-refractivity contribution in [3.8, 4) is 12.1 Å². The Kier molecular flexibility index (Phi) is 8.20. The molecule has 1 aliphatic heterocycles. The van der Waals surface area contributed by atoms with Crippen molar-refractivity contribution in [3.63, 3.8) is 0 Å². The minimum absolute atomic E-state index is 0.0360. The lowest BCUT2D eigenvalue weighted by Gasteiger charge is -2.17. The Balaban J connectivity index is 1.53. The van der Waals surface area contributed by atoms with Crippen LogP contribution in [0.3, 0.4) is 0 Å². The third-order valence-corrected chi connectivity index (χ3v) is 5.86. The molecule has 9 nitrogen and oxygen atoms in total. The molecular formula is C25H25N5O4. The van der Waals surface area contributed by atoms with Gasteiger partial charge in [-0.25, -0.2) is 4.79 Å². The maximum Gasteiger partial charge on any atom is 0.407 e. The van der Waals surface area contributed by atoms with Gasteiger partial charge in [0.1, 0.15) is 0 Å². The molecule has 0 aromatic heterocycles. The minimum atomic E-state index is -1.16. The topological polar surface area (TPSA) is 146 Å². The first-order valence-electron chi connectivity index (χ1n) is 10.9. The zero-order chi connectivity index (χ0) is 24.5. The standard InChI is InChI=1S/C25H25N5O4/c26-13-19-5-1-17(2-6-19)9-11-28-23(31)21-15-30(25(33)34)16-22(21)24(32)29-12-10-18-3-7-20(14-27)8-4-18/h1-8,21-22H,9-12,15-16H2,(H,28,31)(H,29,32)(H,33,34)/t21-,22-/m0/s1. The largest absolute Gasteiger partial charge is 0.465 e. The van der Waals surface area contributed by atoms with E-state index < -0.39 is 17.9 Å². The predicted molar refractivity (Wildman–Crippen MR) is 122 cm³/mol. The van der Waals surface area contributed by atoms with Gasteiger partial charge in [0.2, 0.25) is 11.8 Å². The van der Waals surface area contributed by atoms with Gasteiger partial charge in [-0.05, 0) is 48.2 Å². The van der Waals surface area contributed by atoms with E-state index in [1.54, 1.807) is 24.3 Å². The van der Waals surface area contributed by atoms with Crippen molar-refractivity contribution >= 4 is 17.9 Å². The van der Waals surface area contributed by atoms with Crippen LogP contribution in [-0.4, -0.2) is 54.1 Å². The van der Waals surface area contributed by atoms with E-state index in [4.69, 9.17) is 10.5 Å². The molecule has 2 aromatic rings.